The Hall–Kier alpha value is -1.96. The van der Waals surface area contributed by atoms with Crippen LogP contribution < -0.4 is 4.90 Å². The number of ketones is 1. The molecule has 0 amide bonds. The second-order valence-corrected chi connectivity index (χ2v) is 5.52. The van der Waals surface area contributed by atoms with Gasteiger partial charge < -0.3 is 4.90 Å². The highest BCUT2D eigenvalue weighted by Crippen LogP contribution is 2.28. The Morgan fingerprint density at radius 2 is 1.90 bits per heavy atom. The minimum atomic E-state index is 0.265. The molecule has 0 atom stereocenters. The summed E-state index contributed by atoms with van der Waals surface area (Å²) in [5.41, 5.74) is 2.55. The molecule has 1 aromatic rings. The standard InChI is InChI=1S/C16H22N4O/c1-4-13-14(10-17)16(19-18-15(13)5-2)20(3)11-6-8-12(21)9-7-11/h11H,4-9H2,1-3H3. The van der Waals surface area contributed by atoms with Crippen molar-refractivity contribution in [3.8, 4) is 6.07 Å². The molecular formula is C16H22N4O. The van der Waals surface area contributed by atoms with Crippen LogP contribution in [-0.2, 0) is 17.6 Å². The lowest BCUT2D eigenvalue weighted by Crippen LogP contribution is -2.36. The summed E-state index contributed by atoms with van der Waals surface area (Å²) < 4.78 is 0. The Morgan fingerprint density at radius 1 is 1.24 bits per heavy atom. The maximum atomic E-state index is 11.4. The van der Waals surface area contributed by atoms with Crippen molar-refractivity contribution in [2.45, 2.75) is 58.4 Å². The zero-order chi connectivity index (χ0) is 15.4. The Morgan fingerprint density at radius 3 is 2.43 bits per heavy atom. The van der Waals surface area contributed by atoms with E-state index >= 15 is 0 Å². The maximum Gasteiger partial charge on any atom is 0.169 e. The molecule has 0 N–H and O–H groups in total. The first-order valence-electron chi connectivity index (χ1n) is 7.65. The maximum absolute atomic E-state index is 11.4. The number of anilines is 1. The molecule has 112 valence electrons. The number of rotatable bonds is 4. The topological polar surface area (TPSA) is 69.9 Å². The number of hydrogen-bond acceptors (Lipinski definition) is 5. The third-order valence-electron chi connectivity index (χ3n) is 4.33. The molecule has 1 saturated carbocycles. The van der Waals surface area contributed by atoms with E-state index in [1.807, 2.05) is 25.8 Å². The second kappa shape index (κ2) is 6.66. The van der Waals surface area contributed by atoms with E-state index in [4.69, 9.17) is 0 Å². The van der Waals surface area contributed by atoms with Crippen LogP contribution in [0.4, 0.5) is 5.82 Å². The summed E-state index contributed by atoms with van der Waals surface area (Å²) in [6.45, 7) is 4.07. The van der Waals surface area contributed by atoms with Crippen molar-refractivity contribution in [3.63, 3.8) is 0 Å². The van der Waals surface area contributed by atoms with Crippen LogP contribution in [0.25, 0.3) is 0 Å². The van der Waals surface area contributed by atoms with Crippen LogP contribution in [0.15, 0.2) is 0 Å². The van der Waals surface area contributed by atoms with Gasteiger partial charge in [0.2, 0.25) is 0 Å². The highest BCUT2D eigenvalue weighted by Gasteiger charge is 2.26. The molecule has 21 heavy (non-hydrogen) atoms. The van der Waals surface area contributed by atoms with Crippen LogP contribution in [0.5, 0.6) is 0 Å². The lowest BCUT2D eigenvalue weighted by molar-refractivity contribution is -0.120. The number of nitriles is 1. The molecule has 1 aliphatic rings. The van der Waals surface area contributed by atoms with E-state index in [2.05, 4.69) is 16.3 Å². The predicted molar refractivity (Wildman–Crippen MR) is 81.2 cm³/mol. The van der Waals surface area contributed by atoms with E-state index in [0.29, 0.717) is 30.0 Å². The molecule has 1 aromatic heterocycles. The molecule has 5 heteroatoms. The summed E-state index contributed by atoms with van der Waals surface area (Å²) in [7, 11) is 1.95. The van der Waals surface area contributed by atoms with Crippen molar-refractivity contribution in [1.82, 2.24) is 10.2 Å². The van der Waals surface area contributed by atoms with Crippen molar-refractivity contribution in [1.29, 1.82) is 5.26 Å². The largest absolute Gasteiger partial charge is 0.354 e. The summed E-state index contributed by atoms with van der Waals surface area (Å²) in [5, 5.41) is 18.1. The number of carbonyl (C=O) groups is 1. The zero-order valence-corrected chi connectivity index (χ0v) is 13.0. The van der Waals surface area contributed by atoms with Gasteiger partial charge in [-0.25, -0.2) is 0 Å². The average molecular weight is 286 g/mol. The van der Waals surface area contributed by atoms with E-state index in [-0.39, 0.29) is 6.04 Å². The smallest absolute Gasteiger partial charge is 0.169 e. The van der Waals surface area contributed by atoms with Gasteiger partial charge in [-0.2, -0.15) is 10.4 Å². The fourth-order valence-corrected chi connectivity index (χ4v) is 3.01. The third-order valence-corrected chi connectivity index (χ3v) is 4.33. The molecule has 1 fully saturated rings. The molecule has 1 aliphatic carbocycles. The lowest BCUT2D eigenvalue weighted by Gasteiger charge is -2.32. The summed E-state index contributed by atoms with van der Waals surface area (Å²) in [5.74, 6) is 0.993. The Balaban J connectivity index is 2.35. The molecule has 1 heterocycles. The first-order valence-corrected chi connectivity index (χ1v) is 7.65. The summed E-state index contributed by atoms with van der Waals surface area (Å²) in [4.78, 5) is 13.4. The summed E-state index contributed by atoms with van der Waals surface area (Å²) in [6.07, 6.45) is 4.48. The molecule has 2 rings (SSSR count). The van der Waals surface area contributed by atoms with Gasteiger partial charge in [-0.1, -0.05) is 13.8 Å². The molecule has 0 saturated heterocycles. The lowest BCUT2D eigenvalue weighted by atomic mass is 9.93. The average Bonchev–Trinajstić information content (AvgIpc) is 2.53. The quantitative estimate of drug-likeness (QED) is 0.850. The fraction of sp³-hybridized carbons (Fsp3) is 0.625. The SMILES string of the molecule is CCc1nnc(N(C)C2CCC(=O)CC2)c(C#N)c1CC. The van der Waals surface area contributed by atoms with Crippen LogP contribution in [0, 0.1) is 11.3 Å². The molecule has 0 bridgehead atoms. The number of aromatic nitrogens is 2. The van der Waals surface area contributed by atoms with E-state index < -0.39 is 0 Å². The number of nitrogens with zero attached hydrogens (tertiary/aromatic N) is 4. The van der Waals surface area contributed by atoms with Gasteiger partial charge >= 0.3 is 0 Å². The summed E-state index contributed by atoms with van der Waals surface area (Å²) in [6, 6.07) is 2.57. The predicted octanol–water partition coefficient (Wildman–Crippen LogP) is 2.42. The van der Waals surface area contributed by atoms with E-state index in [1.54, 1.807) is 0 Å². The van der Waals surface area contributed by atoms with Gasteiger partial charge in [0.15, 0.2) is 5.82 Å². The van der Waals surface area contributed by atoms with Crippen LogP contribution in [0.2, 0.25) is 0 Å². The Labute approximate surface area is 126 Å². The molecular weight excluding hydrogens is 264 g/mol. The van der Waals surface area contributed by atoms with E-state index in [1.165, 1.54) is 0 Å². The molecule has 5 nitrogen and oxygen atoms in total. The van der Waals surface area contributed by atoms with Gasteiger partial charge in [0, 0.05) is 25.9 Å². The van der Waals surface area contributed by atoms with E-state index in [0.717, 1.165) is 36.9 Å². The van der Waals surface area contributed by atoms with Crippen LogP contribution in [-0.4, -0.2) is 29.1 Å². The van der Waals surface area contributed by atoms with Crippen LogP contribution >= 0.6 is 0 Å². The van der Waals surface area contributed by atoms with Crippen molar-refractivity contribution >= 4 is 11.6 Å². The van der Waals surface area contributed by atoms with Gasteiger partial charge in [-0.3, -0.25) is 4.79 Å². The number of carbonyl (C=O) groups excluding carboxylic acids is 1. The minimum Gasteiger partial charge on any atom is -0.354 e. The van der Waals surface area contributed by atoms with Gasteiger partial charge in [0.05, 0.1) is 5.69 Å². The normalized spacial score (nSPS) is 15.8. The highest BCUT2D eigenvalue weighted by molar-refractivity contribution is 5.79. The molecule has 0 spiro atoms. The Bertz CT molecular complexity index is 566. The van der Waals surface area contributed by atoms with Crippen molar-refractivity contribution in [2.24, 2.45) is 0 Å². The zero-order valence-electron chi connectivity index (χ0n) is 13.0. The summed E-state index contributed by atoms with van der Waals surface area (Å²) >= 11 is 0. The van der Waals surface area contributed by atoms with Gasteiger partial charge in [-0.05, 0) is 31.2 Å². The number of aryl methyl sites for hydroxylation is 1. The Kier molecular flexibility index (Phi) is 4.89. The molecule has 0 aromatic carbocycles. The van der Waals surface area contributed by atoms with Gasteiger partial charge in [0.25, 0.3) is 0 Å². The van der Waals surface area contributed by atoms with Crippen LogP contribution in [0.3, 0.4) is 0 Å². The third kappa shape index (κ3) is 3.05. The molecule has 0 radical (unpaired) electrons. The highest BCUT2D eigenvalue weighted by atomic mass is 16.1. The fourth-order valence-electron chi connectivity index (χ4n) is 3.01. The molecule has 0 unspecified atom stereocenters. The number of hydrogen-bond donors (Lipinski definition) is 0. The van der Waals surface area contributed by atoms with Crippen molar-refractivity contribution in [2.75, 3.05) is 11.9 Å². The van der Waals surface area contributed by atoms with Gasteiger partial charge in [-0.15, -0.1) is 5.10 Å². The van der Waals surface area contributed by atoms with E-state index in [9.17, 15) is 10.1 Å². The first kappa shape index (κ1) is 15.4. The van der Waals surface area contributed by atoms with Crippen molar-refractivity contribution in [3.05, 3.63) is 16.8 Å². The van der Waals surface area contributed by atoms with Crippen molar-refractivity contribution < 1.29 is 4.79 Å². The number of Topliss-reactive ketones (excluding diaryl/α,β-unsaturated/α-hetero) is 1. The molecule has 0 aliphatic heterocycles. The van der Waals surface area contributed by atoms with Gasteiger partial charge in [0.1, 0.15) is 17.4 Å². The first-order chi connectivity index (χ1) is 10.1. The minimum absolute atomic E-state index is 0.265. The van der Waals surface area contributed by atoms with Crippen LogP contribution in [0.1, 0.15) is 56.4 Å². The monoisotopic (exact) mass is 286 g/mol. The second-order valence-electron chi connectivity index (χ2n) is 5.52.